The predicted molar refractivity (Wildman–Crippen MR) is 127 cm³/mol. The molecule has 3 amide bonds. The highest BCUT2D eigenvalue weighted by atomic mass is 32.2. The Bertz CT molecular complexity index is 1160. The first kappa shape index (κ1) is 23.5. The van der Waals surface area contributed by atoms with Gasteiger partial charge in [0.1, 0.15) is 6.54 Å². The van der Waals surface area contributed by atoms with Gasteiger partial charge in [-0.25, -0.2) is 0 Å². The van der Waals surface area contributed by atoms with Gasteiger partial charge in [0, 0.05) is 11.8 Å². The predicted octanol–water partition coefficient (Wildman–Crippen LogP) is 4.13. The molecule has 34 heavy (non-hydrogen) atoms. The zero-order chi connectivity index (χ0) is 24.2. The highest BCUT2D eigenvalue weighted by molar-refractivity contribution is 8.18. The van der Waals surface area contributed by atoms with E-state index in [1.54, 1.807) is 42.5 Å². The molecule has 2 aromatic carbocycles. The molecule has 2 aliphatic rings. The van der Waals surface area contributed by atoms with Crippen molar-refractivity contribution in [3.8, 4) is 23.0 Å². The van der Waals surface area contributed by atoms with Crippen molar-refractivity contribution in [2.75, 3.05) is 32.4 Å². The lowest BCUT2D eigenvalue weighted by molar-refractivity contribution is -0.127. The van der Waals surface area contributed by atoms with Crippen LogP contribution in [0.2, 0.25) is 0 Å². The fourth-order valence-electron chi connectivity index (χ4n) is 3.26. The fraction of sp³-hybridized carbons (Fsp3) is 0.292. The number of hydrogen-bond donors (Lipinski definition) is 1. The number of fused-ring (bicyclic) bond motifs is 1. The standard InChI is InChI=1S/C24H24N2O7S/c1-14(2)12-31-17-6-4-15(8-19(17)30-3)9-21-23(28)26(24(29)34-21)11-22(27)25-16-5-7-18-20(10-16)33-13-32-18/h4-10,14H,11-13H2,1-3H3,(H,25,27)/b21-9-. The van der Waals surface area contributed by atoms with Crippen LogP contribution >= 0.6 is 11.8 Å². The highest BCUT2D eigenvalue weighted by Crippen LogP contribution is 2.36. The van der Waals surface area contributed by atoms with Gasteiger partial charge in [0.05, 0.1) is 18.6 Å². The van der Waals surface area contributed by atoms with E-state index in [-0.39, 0.29) is 11.7 Å². The van der Waals surface area contributed by atoms with Crippen LogP contribution in [0.4, 0.5) is 10.5 Å². The quantitative estimate of drug-likeness (QED) is 0.558. The maximum Gasteiger partial charge on any atom is 0.294 e. The van der Waals surface area contributed by atoms with Crippen LogP contribution in [0.5, 0.6) is 23.0 Å². The molecule has 0 radical (unpaired) electrons. The Morgan fingerprint density at radius 1 is 1.15 bits per heavy atom. The molecule has 1 N–H and O–H groups in total. The van der Waals surface area contributed by atoms with Crippen LogP contribution in [0.1, 0.15) is 19.4 Å². The van der Waals surface area contributed by atoms with Gasteiger partial charge in [0.25, 0.3) is 11.1 Å². The Balaban J connectivity index is 1.42. The third kappa shape index (κ3) is 5.28. The van der Waals surface area contributed by atoms with Crippen molar-refractivity contribution < 1.29 is 33.3 Å². The van der Waals surface area contributed by atoms with Gasteiger partial charge in [0.15, 0.2) is 23.0 Å². The summed E-state index contributed by atoms with van der Waals surface area (Å²) in [5.41, 5.74) is 1.15. The van der Waals surface area contributed by atoms with Crippen molar-refractivity contribution in [2.45, 2.75) is 13.8 Å². The van der Waals surface area contributed by atoms with Gasteiger partial charge in [-0.05, 0) is 53.6 Å². The molecule has 0 saturated carbocycles. The number of anilines is 1. The summed E-state index contributed by atoms with van der Waals surface area (Å²) in [5.74, 6) is 1.55. The second kappa shape index (κ2) is 10.1. The average molecular weight is 485 g/mol. The minimum Gasteiger partial charge on any atom is -0.493 e. The lowest BCUT2D eigenvalue weighted by Crippen LogP contribution is -2.36. The Hall–Kier alpha value is -3.66. The number of ether oxygens (including phenoxy) is 4. The largest absolute Gasteiger partial charge is 0.493 e. The summed E-state index contributed by atoms with van der Waals surface area (Å²) in [5, 5.41) is 2.15. The number of methoxy groups -OCH3 is 1. The van der Waals surface area contributed by atoms with Gasteiger partial charge in [-0.15, -0.1) is 0 Å². The average Bonchev–Trinajstić information content (AvgIpc) is 3.37. The summed E-state index contributed by atoms with van der Waals surface area (Å²) in [4.78, 5) is 38.8. The van der Waals surface area contributed by atoms with Crippen LogP contribution in [0.3, 0.4) is 0 Å². The first-order valence-corrected chi connectivity index (χ1v) is 11.4. The van der Waals surface area contributed by atoms with E-state index in [0.717, 1.165) is 16.7 Å². The van der Waals surface area contributed by atoms with Crippen molar-refractivity contribution in [3.63, 3.8) is 0 Å². The van der Waals surface area contributed by atoms with E-state index in [1.807, 2.05) is 13.8 Å². The van der Waals surface area contributed by atoms with Gasteiger partial charge < -0.3 is 24.3 Å². The molecule has 4 rings (SSSR count). The molecule has 178 valence electrons. The molecule has 1 fully saturated rings. The normalized spacial score (nSPS) is 15.9. The molecule has 0 aliphatic carbocycles. The monoisotopic (exact) mass is 484 g/mol. The number of rotatable bonds is 8. The van der Waals surface area contributed by atoms with Crippen LogP contribution in [-0.2, 0) is 9.59 Å². The zero-order valence-corrected chi connectivity index (χ0v) is 19.8. The van der Waals surface area contributed by atoms with Gasteiger partial charge >= 0.3 is 0 Å². The van der Waals surface area contributed by atoms with E-state index in [9.17, 15) is 14.4 Å². The molecule has 2 aliphatic heterocycles. The van der Waals surface area contributed by atoms with Crippen LogP contribution in [0.15, 0.2) is 41.3 Å². The smallest absolute Gasteiger partial charge is 0.294 e. The van der Waals surface area contributed by atoms with Gasteiger partial charge in [-0.1, -0.05) is 19.9 Å². The van der Waals surface area contributed by atoms with E-state index in [2.05, 4.69) is 5.32 Å². The molecular formula is C24H24N2O7S. The first-order chi connectivity index (χ1) is 16.3. The van der Waals surface area contributed by atoms with Crippen molar-refractivity contribution >= 4 is 40.6 Å². The van der Waals surface area contributed by atoms with Crippen molar-refractivity contribution in [3.05, 3.63) is 46.9 Å². The summed E-state index contributed by atoms with van der Waals surface area (Å²) < 4.78 is 21.7. The Labute approximate surface area is 201 Å². The van der Waals surface area contributed by atoms with Crippen LogP contribution < -0.4 is 24.3 Å². The maximum atomic E-state index is 12.8. The number of thioether (sulfide) groups is 1. The van der Waals surface area contributed by atoms with Gasteiger partial charge in [0.2, 0.25) is 12.7 Å². The van der Waals surface area contributed by atoms with Gasteiger partial charge in [-0.2, -0.15) is 0 Å². The Morgan fingerprint density at radius 2 is 1.94 bits per heavy atom. The van der Waals surface area contributed by atoms with Crippen LogP contribution in [0.25, 0.3) is 6.08 Å². The van der Waals surface area contributed by atoms with Crippen LogP contribution in [-0.4, -0.2) is 49.0 Å². The lowest BCUT2D eigenvalue weighted by Gasteiger charge is -2.13. The first-order valence-electron chi connectivity index (χ1n) is 10.6. The number of hydrogen-bond acceptors (Lipinski definition) is 8. The van der Waals surface area contributed by atoms with Gasteiger partial charge in [-0.3, -0.25) is 19.3 Å². The lowest BCUT2D eigenvalue weighted by atomic mass is 10.1. The topological polar surface area (TPSA) is 103 Å². The number of nitrogens with one attached hydrogen (secondary N) is 1. The number of carbonyl (C=O) groups excluding carboxylic acids is 3. The Morgan fingerprint density at radius 3 is 2.71 bits per heavy atom. The van der Waals surface area contributed by atoms with E-state index >= 15 is 0 Å². The minimum absolute atomic E-state index is 0.120. The van der Waals surface area contributed by atoms with E-state index in [4.69, 9.17) is 18.9 Å². The fourth-order valence-corrected chi connectivity index (χ4v) is 4.09. The molecule has 2 aromatic rings. The minimum atomic E-state index is -0.532. The highest BCUT2D eigenvalue weighted by Gasteiger charge is 2.36. The second-order valence-corrected chi connectivity index (χ2v) is 8.99. The number of benzene rings is 2. The molecule has 0 aromatic heterocycles. The third-order valence-corrected chi connectivity index (χ3v) is 5.80. The summed E-state index contributed by atoms with van der Waals surface area (Å²) in [6.45, 7) is 4.36. The summed E-state index contributed by atoms with van der Waals surface area (Å²) in [7, 11) is 1.54. The van der Waals surface area contributed by atoms with Crippen molar-refractivity contribution in [2.24, 2.45) is 5.92 Å². The van der Waals surface area contributed by atoms with Crippen molar-refractivity contribution in [1.82, 2.24) is 4.90 Å². The molecule has 0 bridgehead atoms. The van der Waals surface area contributed by atoms with E-state index in [1.165, 1.54) is 7.11 Å². The molecule has 1 saturated heterocycles. The number of amides is 3. The molecular weight excluding hydrogens is 460 g/mol. The molecule has 9 nitrogen and oxygen atoms in total. The molecule has 0 atom stereocenters. The number of carbonyl (C=O) groups is 3. The number of imide groups is 1. The summed E-state index contributed by atoms with van der Waals surface area (Å²) in [6.07, 6.45) is 1.59. The molecule has 0 unspecified atom stereocenters. The van der Waals surface area contributed by atoms with E-state index in [0.29, 0.717) is 46.8 Å². The van der Waals surface area contributed by atoms with Crippen molar-refractivity contribution in [1.29, 1.82) is 0 Å². The number of nitrogens with zero attached hydrogens (tertiary/aromatic N) is 1. The third-order valence-electron chi connectivity index (χ3n) is 4.89. The second-order valence-electron chi connectivity index (χ2n) is 8.00. The summed E-state index contributed by atoms with van der Waals surface area (Å²) >= 11 is 0.783. The molecule has 2 heterocycles. The SMILES string of the molecule is COc1cc(/C=C2\SC(=O)N(CC(=O)Nc3ccc4c(c3)OCO4)C2=O)ccc1OCC(C)C. The summed E-state index contributed by atoms with van der Waals surface area (Å²) in [6, 6.07) is 10.2. The van der Waals surface area contributed by atoms with Crippen LogP contribution in [0, 0.1) is 5.92 Å². The van der Waals surface area contributed by atoms with E-state index < -0.39 is 23.6 Å². The Kier molecular flexibility index (Phi) is 6.97. The maximum absolute atomic E-state index is 12.8. The molecule has 10 heteroatoms. The zero-order valence-electron chi connectivity index (χ0n) is 19.0. The molecule has 0 spiro atoms.